The van der Waals surface area contributed by atoms with E-state index in [1.165, 1.54) is 11.1 Å². The lowest BCUT2D eigenvalue weighted by atomic mass is 9.98. The lowest BCUT2D eigenvalue weighted by molar-refractivity contribution is 0.627. The van der Waals surface area contributed by atoms with Crippen LogP contribution in [0.5, 0.6) is 0 Å². The average molecular weight is 423 g/mol. The second kappa shape index (κ2) is 7.46. The van der Waals surface area contributed by atoms with Gasteiger partial charge in [-0.25, -0.2) is 4.39 Å². The summed E-state index contributed by atoms with van der Waals surface area (Å²) in [5, 5.41) is 13.3. The monoisotopic (exact) mass is 422 g/mol. The molecule has 0 bridgehead atoms. The largest absolute Gasteiger partial charge is 0.353 e. The number of benzene rings is 3. The predicted octanol–water partition coefficient (Wildman–Crippen LogP) is 6.20. The first kappa shape index (κ1) is 19.0. The minimum absolute atomic E-state index is 0.217. The lowest BCUT2D eigenvalue weighted by Crippen LogP contribution is -2.19. The molecule has 1 aliphatic heterocycles. The zero-order valence-corrected chi connectivity index (χ0v) is 17.8. The van der Waals surface area contributed by atoms with Crippen molar-refractivity contribution in [3.05, 3.63) is 83.7 Å². The van der Waals surface area contributed by atoms with Crippen molar-refractivity contribution in [3.63, 3.8) is 0 Å². The third-order valence-electron chi connectivity index (χ3n) is 6.27. The standard InChI is InChI=1S/C27H23FN4/c1-16-11-19(13-20(28)12-16)21-3-2-4-24-22(21)15-26(30-24)27-23-14-18(5-6-25(23)31-32-27)17-7-9-29-10-8-17/h2-7,11-15,29-30H,8-10H2,1H3,(H,31,32). The van der Waals surface area contributed by atoms with E-state index in [0.29, 0.717) is 0 Å². The maximum absolute atomic E-state index is 14.1. The molecule has 3 N–H and O–H groups in total. The molecule has 5 aromatic rings. The van der Waals surface area contributed by atoms with Crippen molar-refractivity contribution < 1.29 is 4.39 Å². The van der Waals surface area contributed by atoms with E-state index >= 15 is 0 Å². The summed E-state index contributed by atoms with van der Waals surface area (Å²) in [7, 11) is 0. The Morgan fingerprint density at radius 2 is 1.84 bits per heavy atom. The summed E-state index contributed by atoms with van der Waals surface area (Å²) in [5.41, 5.74) is 9.28. The van der Waals surface area contributed by atoms with E-state index in [1.54, 1.807) is 12.1 Å². The van der Waals surface area contributed by atoms with Crippen LogP contribution in [0.3, 0.4) is 0 Å². The van der Waals surface area contributed by atoms with Crippen LogP contribution in [0.1, 0.15) is 17.5 Å². The molecule has 158 valence electrons. The summed E-state index contributed by atoms with van der Waals surface area (Å²) in [6.45, 7) is 3.84. The molecule has 0 spiro atoms. The molecule has 0 amide bonds. The van der Waals surface area contributed by atoms with E-state index in [9.17, 15) is 4.39 Å². The van der Waals surface area contributed by atoms with E-state index in [-0.39, 0.29) is 5.82 Å². The van der Waals surface area contributed by atoms with Gasteiger partial charge in [-0.05, 0) is 84.1 Å². The predicted molar refractivity (Wildman–Crippen MR) is 129 cm³/mol. The summed E-state index contributed by atoms with van der Waals surface area (Å²) in [6, 6.07) is 19.9. The van der Waals surface area contributed by atoms with Crippen LogP contribution in [0.2, 0.25) is 0 Å². The molecule has 6 rings (SSSR count). The van der Waals surface area contributed by atoms with Crippen LogP contribution >= 0.6 is 0 Å². The van der Waals surface area contributed by atoms with Crippen LogP contribution in [0.25, 0.3) is 49.9 Å². The number of aromatic nitrogens is 3. The average Bonchev–Trinajstić information content (AvgIpc) is 3.42. The Bertz CT molecular complexity index is 1480. The molecule has 5 heteroatoms. The Morgan fingerprint density at radius 3 is 2.69 bits per heavy atom. The third kappa shape index (κ3) is 3.22. The lowest BCUT2D eigenvalue weighted by Gasteiger charge is -2.14. The number of aryl methyl sites for hydroxylation is 1. The zero-order valence-electron chi connectivity index (χ0n) is 17.8. The van der Waals surface area contributed by atoms with Crippen LogP contribution in [-0.2, 0) is 0 Å². The number of H-pyrrole nitrogens is 2. The number of aromatic amines is 2. The first-order valence-corrected chi connectivity index (χ1v) is 10.9. The van der Waals surface area contributed by atoms with Gasteiger partial charge in [0.25, 0.3) is 0 Å². The number of fused-ring (bicyclic) bond motifs is 2. The quantitative estimate of drug-likeness (QED) is 0.324. The van der Waals surface area contributed by atoms with E-state index in [4.69, 9.17) is 0 Å². The van der Waals surface area contributed by atoms with Crippen LogP contribution < -0.4 is 5.32 Å². The number of rotatable bonds is 3. The molecule has 4 nitrogen and oxygen atoms in total. The van der Waals surface area contributed by atoms with Crippen molar-refractivity contribution in [2.24, 2.45) is 0 Å². The molecule has 0 aliphatic carbocycles. The van der Waals surface area contributed by atoms with Crippen molar-refractivity contribution in [3.8, 4) is 22.5 Å². The van der Waals surface area contributed by atoms with Crippen molar-refractivity contribution in [1.82, 2.24) is 20.5 Å². The van der Waals surface area contributed by atoms with E-state index in [0.717, 1.165) is 69.4 Å². The van der Waals surface area contributed by atoms with Crippen molar-refractivity contribution >= 4 is 27.4 Å². The highest BCUT2D eigenvalue weighted by molar-refractivity contribution is 6.01. The Hall–Kier alpha value is -3.70. The molecule has 1 aliphatic rings. The van der Waals surface area contributed by atoms with Gasteiger partial charge in [-0.2, -0.15) is 5.10 Å². The van der Waals surface area contributed by atoms with Gasteiger partial charge < -0.3 is 10.3 Å². The Kier molecular flexibility index (Phi) is 4.44. The number of hydrogen-bond acceptors (Lipinski definition) is 2. The number of nitrogens with one attached hydrogen (secondary N) is 3. The molecule has 0 saturated carbocycles. The summed E-state index contributed by atoms with van der Waals surface area (Å²) in [4.78, 5) is 3.53. The molecule has 0 atom stereocenters. The van der Waals surface area contributed by atoms with Gasteiger partial charge in [-0.15, -0.1) is 0 Å². The van der Waals surface area contributed by atoms with Crippen LogP contribution in [0, 0.1) is 12.7 Å². The van der Waals surface area contributed by atoms with E-state index in [1.807, 2.05) is 25.1 Å². The fourth-order valence-corrected chi connectivity index (χ4v) is 4.73. The van der Waals surface area contributed by atoms with Gasteiger partial charge in [-0.3, -0.25) is 5.10 Å². The molecule has 3 aromatic carbocycles. The van der Waals surface area contributed by atoms with Gasteiger partial charge in [0.15, 0.2) is 0 Å². The maximum Gasteiger partial charge on any atom is 0.124 e. The number of hydrogen-bond donors (Lipinski definition) is 3. The third-order valence-corrected chi connectivity index (χ3v) is 6.27. The van der Waals surface area contributed by atoms with Crippen molar-refractivity contribution in [2.45, 2.75) is 13.3 Å². The number of halogens is 1. The molecule has 32 heavy (non-hydrogen) atoms. The van der Waals surface area contributed by atoms with E-state index < -0.39 is 0 Å². The summed E-state index contributed by atoms with van der Waals surface area (Å²) in [6.07, 6.45) is 3.29. The SMILES string of the molecule is Cc1cc(F)cc(-c2cccc3[nH]c(-c4n[nH]c5ccc(C6=CCNCC6)cc45)cc23)c1. The van der Waals surface area contributed by atoms with Crippen LogP contribution in [0.15, 0.2) is 66.7 Å². The topological polar surface area (TPSA) is 56.5 Å². The van der Waals surface area contributed by atoms with Gasteiger partial charge in [0.2, 0.25) is 0 Å². The fraction of sp³-hybridized carbons (Fsp3) is 0.148. The van der Waals surface area contributed by atoms with Gasteiger partial charge in [0, 0.05) is 22.8 Å². The summed E-state index contributed by atoms with van der Waals surface area (Å²) >= 11 is 0. The molecule has 0 saturated heterocycles. The molecular formula is C27H23FN4. The van der Waals surface area contributed by atoms with Crippen LogP contribution in [0.4, 0.5) is 4.39 Å². The van der Waals surface area contributed by atoms with Gasteiger partial charge in [0.05, 0.1) is 11.2 Å². The normalized spacial score (nSPS) is 14.2. The summed E-state index contributed by atoms with van der Waals surface area (Å²) in [5.74, 6) is -0.217. The second-order valence-electron chi connectivity index (χ2n) is 8.48. The summed E-state index contributed by atoms with van der Waals surface area (Å²) < 4.78 is 14.1. The first-order valence-electron chi connectivity index (χ1n) is 10.9. The molecule has 3 heterocycles. The highest BCUT2D eigenvalue weighted by Crippen LogP contribution is 2.35. The Morgan fingerprint density at radius 1 is 0.906 bits per heavy atom. The molecule has 2 aromatic heterocycles. The number of nitrogens with zero attached hydrogens (tertiary/aromatic N) is 1. The minimum atomic E-state index is -0.217. The van der Waals surface area contributed by atoms with Crippen LogP contribution in [-0.4, -0.2) is 28.3 Å². The molecule has 0 fully saturated rings. The minimum Gasteiger partial charge on any atom is -0.353 e. The van der Waals surface area contributed by atoms with Crippen molar-refractivity contribution in [1.29, 1.82) is 0 Å². The zero-order chi connectivity index (χ0) is 21.7. The Labute approximate surface area is 185 Å². The highest BCUT2D eigenvalue weighted by atomic mass is 19.1. The maximum atomic E-state index is 14.1. The van der Waals surface area contributed by atoms with Gasteiger partial charge in [0.1, 0.15) is 11.5 Å². The van der Waals surface area contributed by atoms with Crippen molar-refractivity contribution in [2.75, 3.05) is 13.1 Å². The Balaban J connectivity index is 1.49. The van der Waals surface area contributed by atoms with E-state index in [2.05, 4.69) is 56.9 Å². The second-order valence-corrected chi connectivity index (χ2v) is 8.48. The van der Waals surface area contributed by atoms with Gasteiger partial charge >= 0.3 is 0 Å². The molecular weight excluding hydrogens is 399 g/mol. The highest BCUT2D eigenvalue weighted by Gasteiger charge is 2.15. The first-order chi connectivity index (χ1) is 15.7. The van der Waals surface area contributed by atoms with Gasteiger partial charge in [-0.1, -0.05) is 30.3 Å². The fourth-order valence-electron chi connectivity index (χ4n) is 4.73. The smallest absolute Gasteiger partial charge is 0.124 e. The molecule has 0 radical (unpaired) electrons. The molecule has 0 unspecified atom stereocenters.